The number of hydrogen-bond donors (Lipinski definition) is 0. The third kappa shape index (κ3) is 3.12. The largest absolute Gasteiger partial charge is 0.354 e. The third-order valence-corrected chi connectivity index (χ3v) is 3.12. The summed E-state index contributed by atoms with van der Waals surface area (Å²) >= 11 is 11.9. The van der Waals surface area contributed by atoms with E-state index in [2.05, 4.69) is 9.97 Å². The first kappa shape index (κ1) is 13.1. The van der Waals surface area contributed by atoms with Crippen molar-refractivity contribution in [2.24, 2.45) is 0 Å². The minimum atomic E-state index is 0.416. The molecule has 0 atom stereocenters. The summed E-state index contributed by atoms with van der Waals surface area (Å²) < 4.78 is 0. The van der Waals surface area contributed by atoms with E-state index in [1.165, 1.54) is 0 Å². The number of anilines is 1. The minimum absolute atomic E-state index is 0.416. The summed E-state index contributed by atoms with van der Waals surface area (Å²) in [6.45, 7) is 0.709. The van der Waals surface area contributed by atoms with Crippen molar-refractivity contribution < 1.29 is 0 Å². The van der Waals surface area contributed by atoms with Gasteiger partial charge >= 0.3 is 0 Å². The van der Waals surface area contributed by atoms with Crippen LogP contribution in [0.15, 0.2) is 36.8 Å². The molecule has 94 valence electrons. The molecule has 0 fully saturated rings. The molecular formula is C13H13Cl2N3. The Kier molecular flexibility index (Phi) is 4.39. The molecule has 5 heteroatoms. The molecule has 0 aromatic carbocycles. The van der Waals surface area contributed by atoms with Gasteiger partial charge in [-0.1, -0.05) is 17.7 Å². The van der Waals surface area contributed by atoms with Crippen molar-refractivity contribution in [2.75, 3.05) is 11.9 Å². The highest BCUT2D eigenvalue weighted by Gasteiger charge is 2.09. The predicted molar refractivity (Wildman–Crippen MR) is 75.1 cm³/mol. The van der Waals surface area contributed by atoms with E-state index in [1.807, 2.05) is 36.3 Å². The Labute approximate surface area is 116 Å². The minimum Gasteiger partial charge on any atom is -0.354 e. The van der Waals surface area contributed by atoms with Crippen LogP contribution >= 0.6 is 23.2 Å². The van der Waals surface area contributed by atoms with Crippen molar-refractivity contribution in [1.82, 2.24) is 9.97 Å². The molecule has 0 saturated carbocycles. The summed E-state index contributed by atoms with van der Waals surface area (Å²) in [5, 5.41) is 0.611. The lowest BCUT2D eigenvalue weighted by atomic mass is 10.2. The number of alkyl halides is 1. The number of nitrogens with zero attached hydrogens (tertiary/aromatic N) is 3. The van der Waals surface area contributed by atoms with Crippen molar-refractivity contribution in [1.29, 1.82) is 0 Å². The quantitative estimate of drug-likeness (QED) is 0.804. The Hall–Kier alpha value is -1.32. The molecule has 0 unspecified atom stereocenters. The molecule has 0 saturated heterocycles. The van der Waals surface area contributed by atoms with E-state index in [-0.39, 0.29) is 0 Å². The van der Waals surface area contributed by atoms with Gasteiger partial charge in [-0.05, 0) is 23.3 Å². The first-order valence-electron chi connectivity index (χ1n) is 5.51. The van der Waals surface area contributed by atoms with Crippen LogP contribution in [0, 0.1) is 0 Å². The highest BCUT2D eigenvalue weighted by Crippen LogP contribution is 2.24. The number of halogens is 2. The van der Waals surface area contributed by atoms with Crippen LogP contribution in [0.4, 0.5) is 5.82 Å². The third-order valence-electron chi connectivity index (χ3n) is 2.54. The van der Waals surface area contributed by atoms with Gasteiger partial charge in [0, 0.05) is 38.1 Å². The predicted octanol–water partition coefficient (Wildman–Crippen LogP) is 3.51. The summed E-state index contributed by atoms with van der Waals surface area (Å²) in [6.07, 6.45) is 5.33. The molecule has 0 radical (unpaired) electrons. The topological polar surface area (TPSA) is 29.0 Å². The summed E-state index contributed by atoms with van der Waals surface area (Å²) in [4.78, 5) is 10.4. The van der Waals surface area contributed by atoms with Crippen molar-refractivity contribution in [3.05, 3.63) is 52.9 Å². The number of pyridine rings is 2. The fourth-order valence-electron chi connectivity index (χ4n) is 1.66. The highest BCUT2D eigenvalue weighted by atomic mass is 35.5. The van der Waals surface area contributed by atoms with Crippen LogP contribution in [0.1, 0.15) is 11.1 Å². The van der Waals surface area contributed by atoms with Crippen molar-refractivity contribution >= 4 is 29.0 Å². The maximum Gasteiger partial charge on any atom is 0.147 e. The van der Waals surface area contributed by atoms with Crippen LogP contribution in [-0.2, 0) is 12.4 Å². The zero-order chi connectivity index (χ0) is 13.0. The molecule has 2 aromatic heterocycles. The van der Waals surface area contributed by atoms with Gasteiger partial charge in [-0.15, -0.1) is 11.6 Å². The fourth-order valence-corrected chi connectivity index (χ4v) is 2.14. The lowest BCUT2D eigenvalue weighted by Crippen LogP contribution is -2.18. The van der Waals surface area contributed by atoms with Crippen molar-refractivity contribution in [3.63, 3.8) is 0 Å². The molecule has 18 heavy (non-hydrogen) atoms. The second kappa shape index (κ2) is 6.03. The molecule has 0 bridgehead atoms. The Morgan fingerprint density at radius 3 is 2.72 bits per heavy atom. The van der Waals surface area contributed by atoms with Gasteiger partial charge in [0.25, 0.3) is 0 Å². The lowest BCUT2D eigenvalue weighted by molar-refractivity contribution is 0.890. The number of aromatic nitrogens is 2. The smallest absolute Gasteiger partial charge is 0.147 e. The van der Waals surface area contributed by atoms with E-state index in [1.54, 1.807) is 12.4 Å². The zero-order valence-electron chi connectivity index (χ0n) is 9.98. The Morgan fingerprint density at radius 1 is 1.28 bits per heavy atom. The fraction of sp³-hybridized carbons (Fsp3) is 0.231. The van der Waals surface area contributed by atoms with Gasteiger partial charge in [-0.3, -0.25) is 4.98 Å². The molecule has 0 aliphatic carbocycles. The van der Waals surface area contributed by atoms with Gasteiger partial charge in [0.15, 0.2) is 0 Å². The molecule has 2 aromatic rings. The molecule has 0 N–H and O–H groups in total. The second-order valence-electron chi connectivity index (χ2n) is 4.00. The summed E-state index contributed by atoms with van der Waals surface area (Å²) in [5.41, 5.74) is 2.03. The summed E-state index contributed by atoms with van der Waals surface area (Å²) in [7, 11) is 1.95. The molecule has 2 rings (SSSR count). The van der Waals surface area contributed by atoms with Crippen LogP contribution in [-0.4, -0.2) is 17.0 Å². The monoisotopic (exact) mass is 281 g/mol. The number of rotatable bonds is 4. The highest BCUT2D eigenvalue weighted by molar-refractivity contribution is 6.33. The van der Waals surface area contributed by atoms with Gasteiger partial charge in [-0.25, -0.2) is 4.98 Å². The zero-order valence-corrected chi connectivity index (χ0v) is 11.5. The van der Waals surface area contributed by atoms with Gasteiger partial charge < -0.3 is 4.90 Å². The maximum atomic E-state index is 6.19. The van der Waals surface area contributed by atoms with Crippen molar-refractivity contribution in [2.45, 2.75) is 12.4 Å². The molecular weight excluding hydrogens is 269 g/mol. The van der Waals surface area contributed by atoms with Crippen LogP contribution in [0.25, 0.3) is 0 Å². The average molecular weight is 282 g/mol. The SMILES string of the molecule is CN(Cc1cccnc1)c1ncc(CCl)cc1Cl. The van der Waals surface area contributed by atoms with E-state index in [9.17, 15) is 0 Å². The lowest BCUT2D eigenvalue weighted by Gasteiger charge is -2.19. The molecule has 0 aliphatic rings. The van der Waals surface area contributed by atoms with Crippen LogP contribution < -0.4 is 4.90 Å². The van der Waals surface area contributed by atoms with Gasteiger partial charge in [-0.2, -0.15) is 0 Å². The van der Waals surface area contributed by atoms with Gasteiger partial charge in [0.1, 0.15) is 5.82 Å². The first-order chi connectivity index (χ1) is 8.70. The molecule has 0 spiro atoms. The van der Waals surface area contributed by atoms with Gasteiger partial charge in [0.2, 0.25) is 0 Å². The average Bonchev–Trinajstić information content (AvgIpc) is 2.39. The summed E-state index contributed by atoms with van der Waals surface area (Å²) in [5.74, 6) is 1.16. The second-order valence-corrected chi connectivity index (χ2v) is 4.67. The Balaban J connectivity index is 2.16. The standard InChI is InChI=1S/C13H13Cl2N3/c1-18(9-10-3-2-4-16-7-10)13-12(15)5-11(6-14)8-17-13/h2-5,7-8H,6,9H2,1H3. The number of hydrogen-bond acceptors (Lipinski definition) is 3. The molecule has 0 aliphatic heterocycles. The van der Waals surface area contributed by atoms with E-state index in [0.29, 0.717) is 17.4 Å². The molecule has 0 amide bonds. The van der Waals surface area contributed by atoms with Crippen molar-refractivity contribution in [3.8, 4) is 0 Å². The van der Waals surface area contributed by atoms with Crippen LogP contribution in [0.2, 0.25) is 5.02 Å². The van der Waals surface area contributed by atoms with E-state index < -0.39 is 0 Å². The molecule has 3 nitrogen and oxygen atoms in total. The van der Waals surface area contributed by atoms with E-state index in [4.69, 9.17) is 23.2 Å². The van der Waals surface area contributed by atoms with Gasteiger partial charge in [0.05, 0.1) is 5.02 Å². The molecule has 2 heterocycles. The maximum absolute atomic E-state index is 6.19. The van der Waals surface area contributed by atoms with Crippen LogP contribution in [0.5, 0.6) is 0 Å². The van der Waals surface area contributed by atoms with E-state index >= 15 is 0 Å². The van der Waals surface area contributed by atoms with E-state index in [0.717, 1.165) is 16.9 Å². The summed E-state index contributed by atoms with van der Waals surface area (Å²) in [6, 6.07) is 5.77. The Morgan fingerprint density at radius 2 is 2.11 bits per heavy atom. The first-order valence-corrected chi connectivity index (χ1v) is 6.42. The van der Waals surface area contributed by atoms with Crippen LogP contribution in [0.3, 0.4) is 0 Å². The normalized spacial score (nSPS) is 10.4. The Bertz CT molecular complexity index is 517.